The zero-order valence-corrected chi connectivity index (χ0v) is 10.6. The first-order chi connectivity index (χ1) is 7.54. The smallest absolute Gasteiger partial charge is 0.317 e. The second kappa shape index (κ2) is 6.03. The molecular formula is C11H14ClNO2S. The summed E-state index contributed by atoms with van der Waals surface area (Å²) in [6.07, 6.45) is 1.70. The van der Waals surface area contributed by atoms with Crippen LogP contribution in [-0.4, -0.2) is 29.1 Å². The fraction of sp³-hybridized carbons (Fsp3) is 0.364. The largest absolute Gasteiger partial charge is 0.480 e. The minimum atomic E-state index is -0.838. The molecule has 16 heavy (non-hydrogen) atoms. The van der Waals surface area contributed by atoms with Gasteiger partial charge in [-0.3, -0.25) is 9.69 Å². The maximum Gasteiger partial charge on any atom is 0.317 e. The Balaban J connectivity index is 2.77. The molecular weight excluding hydrogens is 246 g/mol. The number of aliphatic carboxylic acids is 1. The van der Waals surface area contributed by atoms with Gasteiger partial charge in [0.05, 0.1) is 10.9 Å². The molecule has 0 bridgehead atoms. The van der Waals surface area contributed by atoms with Gasteiger partial charge in [0, 0.05) is 12.6 Å². The zero-order chi connectivity index (χ0) is 12.1. The van der Waals surface area contributed by atoms with Crippen LogP contribution in [0.4, 0.5) is 0 Å². The van der Waals surface area contributed by atoms with Gasteiger partial charge >= 0.3 is 5.97 Å². The van der Waals surface area contributed by atoms with E-state index in [9.17, 15) is 4.79 Å². The van der Waals surface area contributed by atoms with Crippen molar-refractivity contribution in [3.63, 3.8) is 0 Å². The molecule has 88 valence electrons. The second-order valence-corrected chi connectivity index (χ2v) is 5.01. The Morgan fingerprint density at radius 1 is 1.81 bits per heavy atom. The van der Waals surface area contributed by atoms with Crippen LogP contribution in [0.25, 0.3) is 0 Å². The molecule has 5 heteroatoms. The monoisotopic (exact) mass is 259 g/mol. The molecule has 0 fully saturated rings. The number of hydrogen-bond donors (Lipinski definition) is 1. The fourth-order valence-corrected chi connectivity index (χ4v) is 2.43. The van der Waals surface area contributed by atoms with Gasteiger partial charge in [0.1, 0.15) is 0 Å². The van der Waals surface area contributed by atoms with Crippen LogP contribution in [0, 0.1) is 0 Å². The standard InChI is InChI=1S/C11H14ClNO2S/c1-3-4-13(6-11(14)15)8(2)9-5-10(12)16-7-9/h3,5,7-8H,1,4,6H2,2H3,(H,14,15). The maximum absolute atomic E-state index is 10.7. The van der Waals surface area contributed by atoms with Gasteiger partial charge in [0.25, 0.3) is 0 Å². The third kappa shape index (κ3) is 3.63. The van der Waals surface area contributed by atoms with E-state index in [0.717, 1.165) is 9.90 Å². The number of carboxylic acid groups (broad SMARTS) is 1. The predicted molar refractivity (Wildman–Crippen MR) is 67.1 cm³/mol. The average Bonchev–Trinajstić information content (AvgIpc) is 2.62. The van der Waals surface area contributed by atoms with Gasteiger partial charge in [-0.15, -0.1) is 17.9 Å². The average molecular weight is 260 g/mol. The van der Waals surface area contributed by atoms with E-state index in [2.05, 4.69) is 6.58 Å². The van der Waals surface area contributed by atoms with E-state index in [1.165, 1.54) is 11.3 Å². The summed E-state index contributed by atoms with van der Waals surface area (Å²) in [5.74, 6) is -0.838. The lowest BCUT2D eigenvalue weighted by Crippen LogP contribution is -2.32. The van der Waals surface area contributed by atoms with E-state index >= 15 is 0 Å². The molecule has 1 rings (SSSR count). The van der Waals surface area contributed by atoms with E-state index in [1.54, 1.807) is 6.08 Å². The SMILES string of the molecule is C=CCN(CC(=O)O)C(C)c1csc(Cl)c1. The van der Waals surface area contributed by atoms with Crippen LogP contribution < -0.4 is 0 Å². The molecule has 0 aliphatic carbocycles. The normalized spacial score (nSPS) is 12.7. The van der Waals surface area contributed by atoms with Crippen molar-refractivity contribution in [1.29, 1.82) is 0 Å². The van der Waals surface area contributed by atoms with Crippen molar-refractivity contribution in [2.45, 2.75) is 13.0 Å². The number of carbonyl (C=O) groups is 1. The highest BCUT2D eigenvalue weighted by atomic mass is 35.5. The van der Waals surface area contributed by atoms with Crippen molar-refractivity contribution >= 4 is 28.9 Å². The highest BCUT2D eigenvalue weighted by molar-refractivity contribution is 7.14. The van der Waals surface area contributed by atoms with Crippen LogP contribution in [0.5, 0.6) is 0 Å². The molecule has 0 spiro atoms. The Morgan fingerprint density at radius 3 is 2.94 bits per heavy atom. The Bertz CT molecular complexity index is 378. The van der Waals surface area contributed by atoms with E-state index in [1.807, 2.05) is 23.3 Å². The third-order valence-electron chi connectivity index (χ3n) is 2.32. The molecule has 1 aromatic rings. The zero-order valence-electron chi connectivity index (χ0n) is 9.02. The highest BCUT2D eigenvalue weighted by Crippen LogP contribution is 2.27. The Morgan fingerprint density at radius 2 is 2.50 bits per heavy atom. The molecule has 0 amide bonds. The quantitative estimate of drug-likeness (QED) is 0.799. The molecule has 0 radical (unpaired) electrons. The molecule has 0 aliphatic heterocycles. The number of rotatable bonds is 6. The van der Waals surface area contributed by atoms with Gasteiger partial charge in [-0.1, -0.05) is 17.7 Å². The molecule has 0 aliphatic rings. The van der Waals surface area contributed by atoms with Crippen molar-refractivity contribution in [3.8, 4) is 0 Å². The summed E-state index contributed by atoms with van der Waals surface area (Å²) in [5.41, 5.74) is 1.04. The van der Waals surface area contributed by atoms with Gasteiger partial charge < -0.3 is 5.11 Å². The summed E-state index contributed by atoms with van der Waals surface area (Å²) >= 11 is 7.31. The predicted octanol–water partition coefficient (Wildman–Crippen LogP) is 3.04. The number of carboxylic acids is 1. The Kier molecular flexibility index (Phi) is 4.99. The van der Waals surface area contributed by atoms with Crippen molar-refractivity contribution in [2.75, 3.05) is 13.1 Å². The first-order valence-corrected chi connectivity index (χ1v) is 6.11. The van der Waals surface area contributed by atoms with E-state index < -0.39 is 5.97 Å². The Hall–Kier alpha value is -0.840. The van der Waals surface area contributed by atoms with Gasteiger partial charge in [0.15, 0.2) is 0 Å². The van der Waals surface area contributed by atoms with E-state index in [0.29, 0.717) is 6.54 Å². The number of nitrogens with zero attached hydrogens (tertiary/aromatic N) is 1. The van der Waals surface area contributed by atoms with Crippen molar-refractivity contribution in [3.05, 3.63) is 34.0 Å². The summed E-state index contributed by atoms with van der Waals surface area (Å²) in [5, 5.41) is 10.8. The van der Waals surface area contributed by atoms with Crippen LogP contribution in [0.1, 0.15) is 18.5 Å². The summed E-state index contributed by atoms with van der Waals surface area (Å²) < 4.78 is 0.718. The first kappa shape index (κ1) is 13.2. The molecule has 0 aromatic carbocycles. The van der Waals surface area contributed by atoms with Crippen LogP contribution in [0.15, 0.2) is 24.1 Å². The lowest BCUT2D eigenvalue weighted by Gasteiger charge is -2.25. The van der Waals surface area contributed by atoms with Crippen LogP contribution in [-0.2, 0) is 4.79 Å². The van der Waals surface area contributed by atoms with E-state index in [4.69, 9.17) is 16.7 Å². The van der Waals surface area contributed by atoms with Crippen molar-refractivity contribution in [2.24, 2.45) is 0 Å². The molecule has 3 nitrogen and oxygen atoms in total. The van der Waals surface area contributed by atoms with Crippen molar-refractivity contribution < 1.29 is 9.90 Å². The van der Waals surface area contributed by atoms with Crippen LogP contribution >= 0.6 is 22.9 Å². The summed E-state index contributed by atoms with van der Waals surface area (Å²) in [6, 6.07) is 1.90. The molecule has 1 heterocycles. The van der Waals surface area contributed by atoms with Crippen LogP contribution in [0.2, 0.25) is 4.34 Å². The minimum Gasteiger partial charge on any atom is -0.480 e. The van der Waals surface area contributed by atoms with Gasteiger partial charge in [-0.25, -0.2) is 0 Å². The number of hydrogen-bond acceptors (Lipinski definition) is 3. The van der Waals surface area contributed by atoms with Gasteiger partial charge in [-0.05, 0) is 23.9 Å². The second-order valence-electron chi connectivity index (χ2n) is 3.47. The fourth-order valence-electron chi connectivity index (χ4n) is 1.45. The molecule has 1 aromatic heterocycles. The molecule has 0 saturated heterocycles. The van der Waals surface area contributed by atoms with Gasteiger partial charge in [-0.2, -0.15) is 0 Å². The molecule has 1 atom stereocenters. The highest BCUT2D eigenvalue weighted by Gasteiger charge is 2.18. The topological polar surface area (TPSA) is 40.5 Å². The summed E-state index contributed by atoms with van der Waals surface area (Å²) in [7, 11) is 0. The van der Waals surface area contributed by atoms with Crippen LogP contribution in [0.3, 0.4) is 0 Å². The molecule has 1 unspecified atom stereocenters. The first-order valence-electron chi connectivity index (χ1n) is 4.85. The number of halogens is 1. The summed E-state index contributed by atoms with van der Waals surface area (Å²) in [4.78, 5) is 12.6. The lowest BCUT2D eigenvalue weighted by atomic mass is 10.1. The third-order valence-corrected chi connectivity index (χ3v) is 3.43. The van der Waals surface area contributed by atoms with Gasteiger partial charge in [0.2, 0.25) is 0 Å². The molecule has 1 N–H and O–H groups in total. The maximum atomic E-state index is 10.7. The minimum absolute atomic E-state index is 0.000647. The van der Waals surface area contributed by atoms with E-state index in [-0.39, 0.29) is 12.6 Å². The molecule has 0 saturated carbocycles. The summed E-state index contributed by atoms with van der Waals surface area (Å²) in [6.45, 7) is 6.14. The van der Waals surface area contributed by atoms with Crippen molar-refractivity contribution in [1.82, 2.24) is 4.90 Å². The number of thiophene rings is 1. The Labute approximate surface area is 104 Å². The lowest BCUT2D eigenvalue weighted by molar-refractivity contribution is -0.138.